The number of hydrogen-bond donors (Lipinski definition) is 1. The summed E-state index contributed by atoms with van der Waals surface area (Å²) in [6.45, 7) is 0. The quantitative estimate of drug-likeness (QED) is 0.567. The molecule has 0 aliphatic heterocycles. The van der Waals surface area contributed by atoms with Crippen LogP contribution in [0.1, 0.15) is 29.4 Å². The smallest absolute Gasteiger partial charge is 0.274 e. The molecule has 0 saturated heterocycles. The zero-order chi connectivity index (χ0) is 19.6. The number of carbonyl (C=O) groups excluding carboxylic acids is 1. The van der Waals surface area contributed by atoms with Gasteiger partial charge in [-0.1, -0.05) is 12.1 Å². The van der Waals surface area contributed by atoms with Crippen molar-refractivity contribution in [2.75, 3.05) is 5.32 Å². The lowest BCUT2D eigenvalue weighted by Gasteiger charge is -2.09. The normalized spacial score (nSPS) is 13.2. The number of aromatic nitrogens is 6. The van der Waals surface area contributed by atoms with Crippen molar-refractivity contribution in [3.05, 3.63) is 73.2 Å². The van der Waals surface area contributed by atoms with E-state index in [-0.39, 0.29) is 5.91 Å². The zero-order valence-electron chi connectivity index (χ0n) is 15.4. The molecule has 1 N–H and O–H groups in total. The van der Waals surface area contributed by atoms with Crippen LogP contribution in [0.2, 0.25) is 0 Å². The third-order valence-electron chi connectivity index (χ3n) is 4.74. The van der Waals surface area contributed by atoms with Crippen molar-refractivity contribution in [3.8, 4) is 22.6 Å². The predicted octanol–water partition coefficient (Wildman–Crippen LogP) is 3.38. The fraction of sp³-hybridized carbons (Fsp3) is 0.143. The molecule has 0 radical (unpaired) electrons. The van der Waals surface area contributed by atoms with E-state index in [4.69, 9.17) is 0 Å². The number of hydrogen-bond acceptors (Lipinski definition) is 6. The maximum atomic E-state index is 12.7. The second kappa shape index (κ2) is 7.23. The van der Waals surface area contributed by atoms with Crippen molar-refractivity contribution in [1.82, 2.24) is 29.7 Å². The van der Waals surface area contributed by atoms with Crippen LogP contribution in [0, 0.1) is 0 Å². The lowest BCUT2D eigenvalue weighted by molar-refractivity contribution is 0.102. The van der Waals surface area contributed by atoms with Crippen LogP contribution >= 0.6 is 0 Å². The van der Waals surface area contributed by atoms with E-state index < -0.39 is 0 Å². The molecule has 3 heterocycles. The van der Waals surface area contributed by atoms with E-state index in [9.17, 15) is 4.79 Å². The van der Waals surface area contributed by atoms with Gasteiger partial charge in [0.25, 0.3) is 5.91 Å². The maximum Gasteiger partial charge on any atom is 0.274 e. The lowest BCUT2D eigenvalue weighted by atomic mass is 10.1. The third kappa shape index (κ3) is 3.60. The van der Waals surface area contributed by atoms with E-state index in [1.54, 1.807) is 43.2 Å². The minimum absolute atomic E-state index is 0.295. The Hall–Kier alpha value is -3.94. The Morgan fingerprint density at radius 3 is 2.79 bits per heavy atom. The number of benzene rings is 1. The zero-order valence-corrected chi connectivity index (χ0v) is 15.4. The van der Waals surface area contributed by atoms with E-state index in [0.29, 0.717) is 23.1 Å². The topological polar surface area (TPSA) is 98.5 Å². The van der Waals surface area contributed by atoms with Crippen molar-refractivity contribution in [2.45, 2.75) is 18.9 Å². The van der Waals surface area contributed by atoms with Gasteiger partial charge in [0.05, 0.1) is 11.9 Å². The summed E-state index contributed by atoms with van der Waals surface area (Å²) in [5.74, 6) is 0.517. The molecular weight excluding hydrogens is 366 g/mol. The van der Waals surface area contributed by atoms with Gasteiger partial charge in [0, 0.05) is 41.4 Å². The molecule has 4 aromatic rings. The van der Waals surface area contributed by atoms with Crippen molar-refractivity contribution in [2.24, 2.45) is 0 Å². The van der Waals surface area contributed by atoms with E-state index in [1.807, 2.05) is 24.3 Å². The molecule has 5 rings (SSSR count). The molecule has 8 heteroatoms. The molecule has 1 aliphatic carbocycles. The summed E-state index contributed by atoms with van der Waals surface area (Å²) in [5.41, 5.74) is 3.35. The first-order valence-electron chi connectivity index (χ1n) is 9.32. The van der Waals surface area contributed by atoms with Gasteiger partial charge in [-0.3, -0.25) is 19.7 Å². The van der Waals surface area contributed by atoms with Gasteiger partial charge in [0.1, 0.15) is 12.0 Å². The van der Waals surface area contributed by atoms with Crippen LogP contribution in [-0.4, -0.2) is 35.6 Å². The van der Waals surface area contributed by atoms with Gasteiger partial charge in [-0.25, -0.2) is 0 Å². The summed E-state index contributed by atoms with van der Waals surface area (Å²) in [5, 5.41) is 11.2. The number of anilines is 1. The Kier molecular flexibility index (Phi) is 4.28. The molecule has 1 aromatic carbocycles. The second-order valence-electron chi connectivity index (χ2n) is 6.85. The van der Waals surface area contributed by atoms with E-state index in [2.05, 4.69) is 35.0 Å². The van der Waals surface area contributed by atoms with Crippen molar-refractivity contribution in [1.29, 1.82) is 0 Å². The van der Waals surface area contributed by atoms with Crippen molar-refractivity contribution < 1.29 is 4.79 Å². The molecule has 0 atom stereocenters. The summed E-state index contributed by atoms with van der Waals surface area (Å²) >= 11 is 0. The second-order valence-corrected chi connectivity index (χ2v) is 6.85. The Labute approximate surface area is 166 Å². The number of nitrogens with zero attached hydrogens (tertiary/aromatic N) is 6. The standard InChI is InChI=1S/C21H17N7O/c29-21(18-11-14(6-7-23-18)19-12-22-8-9-24-19)26-16-3-1-2-15(10-16)20-27-25-13-28(20)17-4-5-17/h1-3,6-13,17H,4-5H2,(H,26,29). The average Bonchev–Trinajstić information content (AvgIpc) is 3.50. The predicted molar refractivity (Wildman–Crippen MR) is 107 cm³/mol. The van der Waals surface area contributed by atoms with Gasteiger partial charge >= 0.3 is 0 Å². The number of rotatable bonds is 5. The van der Waals surface area contributed by atoms with Crippen LogP contribution in [0.5, 0.6) is 0 Å². The van der Waals surface area contributed by atoms with Crippen LogP contribution in [0.15, 0.2) is 67.5 Å². The third-order valence-corrected chi connectivity index (χ3v) is 4.74. The Bertz CT molecular complexity index is 1170. The van der Waals surface area contributed by atoms with Crippen LogP contribution in [0.25, 0.3) is 22.6 Å². The van der Waals surface area contributed by atoms with Crippen LogP contribution in [-0.2, 0) is 0 Å². The Balaban J connectivity index is 1.38. The minimum Gasteiger partial charge on any atom is -0.321 e. The van der Waals surface area contributed by atoms with E-state index in [1.165, 1.54) is 0 Å². The first-order valence-corrected chi connectivity index (χ1v) is 9.32. The van der Waals surface area contributed by atoms with Crippen LogP contribution < -0.4 is 5.32 Å². The molecule has 29 heavy (non-hydrogen) atoms. The fourth-order valence-electron chi connectivity index (χ4n) is 3.16. The molecule has 1 saturated carbocycles. The van der Waals surface area contributed by atoms with Gasteiger partial charge in [-0.05, 0) is 37.1 Å². The van der Waals surface area contributed by atoms with Crippen LogP contribution in [0.4, 0.5) is 5.69 Å². The molecule has 3 aromatic heterocycles. The molecule has 142 valence electrons. The highest BCUT2D eigenvalue weighted by Gasteiger charge is 2.26. The largest absolute Gasteiger partial charge is 0.321 e. The first-order chi connectivity index (χ1) is 14.3. The van der Waals surface area contributed by atoms with E-state index in [0.717, 1.165) is 29.8 Å². The highest BCUT2D eigenvalue weighted by atomic mass is 16.1. The van der Waals surface area contributed by atoms with Gasteiger partial charge in [-0.15, -0.1) is 10.2 Å². The van der Waals surface area contributed by atoms with Gasteiger partial charge < -0.3 is 9.88 Å². The van der Waals surface area contributed by atoms with Crippen molar-refractivity contribution in [3.63, 3.8) is 0 Å². The highest BCUT2D eigenvalue weighted by molar-refractivity contribution is 6.03. The molecule has 1 aliphatic rings. The molecule has 1 fully saturated rings. The fourth-order valence-corrected chi connectivity index (χ4v) is 3.16. The summed E-state index contributed by atoms with van der Waals surface area (Å²) in [6.07, 6.45) is 10.5. The van der Waals surface area contributed by atoms with Gasteiger partial charge in [0.15, 0.2) is 5.82 Å². The summed E-state index contributed by atoms with van der Waals surface area (Å²) < 4.78 is 2.09. The molecule has 1 amide bonds. The molecular formula is C21H17N7O. The maximum absolute atomic E-state index is 12.7. The summed E-state index contributed by atoms with van der Waals surface area (Å²) in [4.78, 5) is 25.3. The van der Waals surface area contributed by atoms with E-state index >= 15 is 0 Å². The molecule has 0 bridgehead atoms. The minimum atomic E-state index is -0.295. The summed E-state index contributed by atoms with van der Waals surface area (Å²) in [7, 11) is 0. The first kappa shape index (κ1) is 17.2. The SMILES string of the molecule is O=C(Nc1cccc(-c2nncn2C2CC2)c1)c1cc(-c2cnccn2)ccn1. The number of carbonyl (C=O) groups is 1. The highest BCUT2D eigenvalue weighted by Crippen LogP contribution is 2.37. The average molecular weight is 383 g/mol. The van der Waals surface area contributed by atoms with Gasteiger partial charge in [-0.2, -0.15) is 0 Å². The number of pyridine rings is 1. The summed E-state index contributed by atoms with van der Waals surface area (Å²) in [6, 6.07) is 11.6. The van der Waals surface area contributed by atoms with Crippen molar-refractivity contribution >= 4 is 11.6 Å². The van der Waals surface area contributed by atoms with Crippen LogP contribution in [0.3, 0.4) is 0 Å². The Morgan fingerprint density at radius 1 is 1.03 bits per heavy atom. The number of nitrogens with one attached hydrogen (secondary N) is 1. The molecule has 8 nitrogen and oxygen atoms in total. The Morgan fingerprint density at radius 2 is 1.97 bits per heavy atom. The number of amides is 1. The molecule has 0 spiro atoms. The van der Waals surface area contributed by atoms with Gasteiger partial charge in [0.2, 0.25) is 0 Å². The monoisotopic (exact) mass is 383 g/mol. The molecule has 0 unspecified atom stereocenters. The lowest BCUT2D eigenvalue weighted by Crippen LogP contribution is -2.13.